The third kappa shape index (κ3) is 4.33. The molecule has 1 rings (SSSR count). The molecule has 0 heterocycles. The fourth-order valence-electron chi connectivity index (χ4n) is 1.98. The molecular formula is C14H24N2. The fraction of sp³-hybridized carbons (Fsp3) is 0.571. The maximum atomic E-state index is 3.26. The first kappa shape index (κ1) is 13.2. The van der Waals surface area contributed by atoms with Gasteiger partial charge in [-0.05, 0) is 32.5 Å². The van der Waals surface area contributed by atoms with E-state index in [4.69, 9.17) is 0 Å². The molecule has 0 aliphatic heterocycles. The van der Waals surface area contributed by atoms with Crippen LogP contribution in [-0.2, 0) is 6.42 Å². The Morgan fingerprint density at radius 3 is 2.50 bits per heavy atom. The summed E-state index contributed by atoms with van der Waals surface area (Å²) < 4.78 is 0. The molecule has 0 aliphatic rings. The lowest BCUT2D eigenvalue weighted by atomic mass is 10.1. The molecule has 90 valence electrons. The Morgan fingerprint density at radius 2 is 1.94 bits per heavy atom. The molecule has 0 saturated heterocycles. The average Bonchev–Trinajstić information content (AvgIpc) is 2.34. The molecule has 16 heavy (non-hydrogen) atoms. The summed E-state index contributed by atoms with van der Waals surface area (Å²) in [6.45, 7) is 4.45. The van der Waals surface area contributed by atoms with Gasteiger partial charge in [-0.3, -0.25) is 0 Å². The molecule has 1 unspecified atom stereocenters. The van der Waals surface area contributed by atoms with Crippen LogP contribution in [0.4, 0.5) is 0 Å². The fourth-order valence-corrected chi connectivity index (χ4v) is 1.98. The van der Waals surface area contributed by atoms with Crippen molar-refractivity contribution >= 4 is 0 Å². The van der Waals surface area contributed by atoms with Crippen LogP contribution in [0.15, 0.2) is 30.3 Å². The smallest absolute Gasteiger partial charge is 0.0214 e. The van der Waals surface area contributed by atoms with Gasteiger partial charge in [0.2, 0.25) is 0 Å². The van der Waals surface area contributed by atoms with Crippen molar-refractivity contribution in [3.05, 3.63) is 35.9 Å². The predicted octanol–water partition coefficient (Wildman–Crippen LogP) is 2.16. The number of hydrogen-bond donors (Lipinski definition) is 1. The van der Waals surface area contributed by atoms with E-state index < -0.39 is 0 Å². The Labute approximate surface area is 99.7 Å². The van der Waals surface area contributed by atoms with Gasteiger partial charge < -0.3 is 10.2 Å². The highest BCUT2D eigenvalue weighted by Gasteiger charge is 2.10. The molecule has 2 nitrogen and oxygen atoms in total. The minimum Gasteiger partial charge on any atom is -0.318 e. The van der Waals surface area contributed by atoms with Crippen molar-refractivity contribution in [3.63, 3.8) is 0 Å². The molecule has 2 heteroatoms. The molecule has 0 bridgehead atoms. The predicted molar refractivity (Wildman–Crippen MR) is 70.8 cm³/mol. The molecule has 0 fully saturated rings. The van der Waals surface area contributed by atoms with Gasteiger partial charge in [-0.1, -0.05) is 37.3 Å². The summed E-state index contributed by atoms with van der Waals surface area (Å²) in [5, 5.41) is 3.26. The van der Waals surface area contributed by atoms with E-state index in [0.717, 1.165) is 19.5 Å². The molecular weight excluding hydrogens is 196 g/mol. The van der Waals surface area contributed by atoms with Gasteiger partial charge in [0.1, 0.15) is 0 Å². The molecule has 0 aromatic heterocycles. The zero-order chi connectivity index (χ0) is 11.8. The first-order valence-corrected chi connectivity index (χ1v) is 6.16. The zero-order valence-electron chi connectivity index (χ0n) is 10.7. The van der Waals surface area contributed by atoms with Crippen molar-refractivity contribution in [1.29, 1.82) is 0 Å². The van der Waals surface area contributed by atoms with Crippen LogP contribution in [0.25, 0.3) is 0 Å². The Balaban J connectivity index is 2.36. The summed E-state index contributed by atoms with van der Waals surface area (Å²) in [7, 11) is 4.24. The maximum Gasteiger partial charge on any atom is 0.0214 e. The highest BCUT2D eigenvalue weighted by Crippen LogP contribution is 2.04. The summed E-state index contributed by atoms with van der Waals surface area (Å²) in [4.78, 5) is 2.45. The Kier molecular flexibility index (Phi) is 6.12. The van der Waals surface area contributed by atoms with E-state index in [2.05, 4.69) is 54.5 Å². The van der Waals surface area contributed by atoms with Crippen LogP contribution in [-0.4, -0.2) is 38.1 Å². The highest BCUT2D eigenvalue weighted by atomic mass is 15.1. The highest BCUT2D eigenvalue weighted by molar-refractivity contribution is 5.14. The second-order valence-electron chi connectivity index (χ2n) is 4.34. The number of benzene rings is 1. The van der Waals surface area contributed by atoms with E-state index in [1.165, 1.54) is 12.0 Å². The third-order valence-electron chi connectivity index (χ3n) is 3.13. The van der Waals surface area contributed by atoms with E-state index >= 15 is 0 Å². The minimum absolute atomic E-state index is 0.647. The molecule has 1 N–H and O–H groups in total. The van der Waals surface area contributed by atoms with Crippen LogP contribution >= 0.6 is 0 Å². The maximum absolute atomic E-state index is 3.26. The van der Waals surface area contributed by atoms with Crippen LogP contribution in [0, 0.1) is 0 Å². The summed E-state index contributed by atoms with van der Waals surface area (Å²) in [5.74, 6) is 0. The molecule has 0 radical (unpaired) electrons. The molecule has 1 aromatic rings. The normalized spacial score (nSPS) is 13.0. The summed E-state index contributed by atoms with van der Waals surface area (Å²) >= 11 is 0. The lowest BCUT2D eigenvalue weighted by molar-refractivity contribution is 0.235. The van der Waals surface area contributed by atoms with E-state index in [0.29, 0.717) is 6.04 Å². The lowest BCUT2D eigenvalue weighted by Crippen LogP contribution is -2.39. The number of rotatable bonds is 7. The van der Waals surface area contributed by atoms with Gasteiger partial charge in [-0.2, -0.15) is 0 Å². The SMILES string of the molecule is CCC(CNC)N(C)CCc1ccccc1. The minimum atomic E-state index is 0.647. The van der Waals surface area contributed by atoms with Gasteiger partial charge >= 0.3 is 0 Å². The third-order valence-corrected chi connectivity index (χ3v) is 3.13. The largest absolute Gasteiger partial charge is 0.318 e. The van der Waals surface area contributed by atoms with Gasteiger partial charge in [0.15, 0.2) is 0 Å². The Bertz CT molecular complexity index is 271. The average molecular weight is 220 g/mol. The van der Waals surface area contributed by atoms with Crippen molar-refractivity contribution < 1.29 is 0 Å². The summed E-state index contributed by atoms with van der Waals surface area (Å²) in [6, 6.07) is 11.3. The van der Waals surface area contributed by atoms with E-state index in [9.17, 15) is 0 Å². The molecule has 0 spiro atoms. The van der Waals surface area contributed by atoms with E-state index in [1.807, 2.05) is 7.05 Å². The van der Waals surface area contributed by atoms with Gasteiger partial charge in [0.25, 0.3) is 0 Å². The van der Waals surface area contributed by atoms with Crippen LogP contribution in [0.2, 0.25) is 0 Å². The molecule has 1 aromatic carbocycles. The van der Waals surface area contributed by atoms with Crippen LogP contribution in [0.5, 0.6) is 0 Å². The van der Waals surface area contributed by atoms with E-state index in [-0.39, 0.29) is 0 Å². The topological polar surface area (TPSA) is 15.3 Å². The molecule has 1 atom stereocenters. The first-order valence-electron chi connectivity index (χ1n) is 6.16. The summed E-state index contributed by atoms with van der Waals surface area (Å²) in [6.07, 6.45) is 2.34. The van der Waals surface area contributed by atoms with Gasteiger partial charge in [-0.25, -0.2) is 0 Å². The van der Waals surface area contributed by atoms with Crippen molar-refractivity contribution in [1.82, 2.24) is 10.2 Å². The number of nitrogens with zero attached hydrogens (tertiary/aromatic N) is 1. The number of hydrogen-bond acceptors (Lipinski definition) is 2. The van der Waals surface area contributed by atoms with Crippen molar-refractivity contribution in [3.8, 4) is 0 Å². The first-order chi connectivity index (χ1) is 7.77. The van der Waals surface area contributed by atoms with Crippen molar-refractivity contribution in [2.45, 2.75) is 25.8 Å². The molecule has 0 aliphatic carbocycles. The number of nitrogens with one attached hydrogen (secondary N) is 1. The Morgan fingerprint density at radius 1 is 1.25 bits per heavy atom. The molecule has 0 saturated carbocycles. The van der Waals surface area contributed by atoms with Gasteiger partial charge in [-0.15, -0.1) is 0 Å². The second kappa shape index (κ2) is 7.42. The second-order valence-corrected chi connectivity index (χ2v) is 4.34. The van der Waals surface area contributed by atoms with E-state index in [1.54, 1.807) is 0 Å². The lowest BCUT2D eigenvalue weighted by Gasteiger charge is -2.26. The van der Waals surface area contributed by atoms with Gasteiger partial charge in [0, 0.05) is 19.1 Å². The standard InChI is InChI=1S/C14H24N2/c1-4-14(12-15-2)16(3)11-10-13-8-6-5-7-9-13/h5-9,14-15H,4,10-12H2,1-3H3. The van der Waals surface area contributed by atoms with Crippen molar-refractivity contribution in [2.75, 3.05) is 27.2 Å². The summed E-state index contributed by atoms with van der Waals surface area (Å²) in [5.41, 5.74) is 1.42. The van der Waals surface area contributed by atoms with Crippen LogP contribution < -0.4 is 5.32 Å². The molecule has 0 amide bonds. The van der Waals surface area contributed by atoms with Crippen molar-refractivity contribution in [2.24, 2.45) is 0 Å². The van der Waals surface area contributed by atoms with Gasteiger partial charge in [0.05, 0.1) is 0 Å². The number of likely N-dealkylation sites (N-methyl/N-ethyl adjacent to an activating group) is 2. The Hall–Kier alpha value is -0.860. The zero-order valence-corrected chi connectivity index (χ0v) is 10.7. The van der Waals surface area contributed by atoms with Crippen LogP contribution in [0.3, 0.4) is 0 Å². The monoisotopic (exact) mass is 220 g/mol. The van der Waals surface area contributed by atoms with Crippen LogP contribution in [0.1, 0.15) is 18.9 Å². The quantitative estimate of drug-likeness (QED) is 0.757.